The Bertz CT molecular complexity index is 353. The lowest BCUT2D eigenvalue weighted by atomic mass is 10.1. The largest absolute Gasteiger partial charge is 0.338 e. The summed E-state index contributed by atoms with van der Waals surface area (Å²) in [6, 6.07) is 7.66. The van der Waals surface area contributed by atoms with Gasteiger partial charge >= 0.3 is 6.03 Å². The summed E-state index contributed by atoms with van der Waals surface area (Å²) in [6.45, 7) is 4.43. The third kappa shape index (κ3) is 4.53. The molecule has 0 bridgehead atoms. The molecule has 0 aliphatic carbocycles. The summed E-state index contributed by atoms with van der Waals surface area (Å²) < 4.78 is 0. The molecule has 0 heterocycles. The second-order valence-corrected chi connectivity index (χ2v) is 4.30. The number of carbonyl (C=O) groups is 1. The van der Waals surface area contributed by atoms with Crippen LogP contribution in [-0.4, -0.2) is 18.6 Å². The van der Waals surface area contributed by atoms with Gasteiger partial charge in [-0.2, -0.15) is 0 Å². The van der Waals surface area contributed by atoms with Gasteiger partial charge in [0.1, 0.15) is 0 Å². The molecule has 0 radical (unpaired) electrons. The number of halogens is 1. The number of amides is 2. The smallest absolute Gasteiger partial charge is 0.314 e. The van der Waals surface area contributed by atoms with Crippen molar-refractivity contribution in [2.75, 3.05) is 6.54 Å². The molecule has 2 amide bonds. The normalized spacial score (nSPS) is 10.2. The third-order valence-electron chi connectivity index (χ3n) is 2.06. The maximum atomic E-state index is 11.3. The Morgan fingerprint density at radius 1 is 1.38 bits per heavy atom. The van der Waals surface area contributed by atoms with Crippen LogP contribution in [0.2, 0.25) is 5.02 Å². The van der Waals surface area contributed by atoms with Crippen molar-refractivity contribution >= 4 is 17.6 Å². The molecule has 0 aliphatic rings. The Morgan fingerprint density at radius 2 is 2.06 bits per heavy atom. The molecule has 1 aromatic carbocycles. The quantitative estimate of drug-likeness (QED) is 0.835. The molecule has 0 saturated heterocycles. The van der Waals surface area contributed by atoms with E-state index in [9.17, 15) is 4.79 Å². The Kier molecular flexibility index (Phi) is 5.12. The average Bonchev–Trinajstić information content (AvgIpc) is 2.19. The van der Waals surface area contributed by atoms with Crippen LogP contribution in [0.3, 0.4) is 0 Å². The first kappa shape index (κ1) is 12.8. The first-order valence-corrected chi connectivity index (χ1v) is 5.75. The third-order valence-corrected chi connectivity index (χ3v) is 2.43. The van der Waals surface area contributed by atoms with Gasteiger partial charge in [0, 0.05) is 17.6 Å². The molecule has 0 saturated carbocycles. The minimum atomic E-state index is -0.137. The minimum Gasteiger partial charge on any atom is -0.338 e. The summed E-state index contributed by atoms with van der Waals surface area (Å²) in [5.41, 5.74) is 1.05. The van der Waals surface area contributed by atoms with Gasteiger partial charge in [-0.15, -0.1) is 0 Å². The van der Waals surface area contributed by atoms with E-state index in [2.05, 4.69) is 10.6 Å². The van der Waals surface area contributed by atoms with Gasteiger partial charge in [-0.05, 0) is 31.9 Å². The zero-order valence-electron chi connectivity index (χ0n) is 9.59. The summed E-state index contributed by atoms with van der Waals surface area (Å²) in [4.78, 5) is 11.3. The maximum absolute atomic E-state index is 11.3. The lowest BCUT2D eigenvalue weighted by molar-refractivity contribution is 0.238. The summed E-state index contributed by atoms with van der Waals surface area (Å²) in [5.74, 6) is 0. The number of hydrogen-bond acceptors (Lipinski definition) is 1. The SMILES string of the molecule is CC(C)NC(=O)NCCc1ccccc1Cl. The van der Waals surface area contributed by atoms with Crippen LogP contribution in [0.25, 0.3) is 0 Å². The number of rotatable bonds is 4. The molecule has 0 unspecified atom stereocenters. The second-order valence-electron chi connectivity index (χ2n) is 3.90. The number of hydrogen-bond donors (Lipinski definition) is 2. The highest BCUT2D eigenvalue weighted by molar-refractivity contribution is 6.31. The molecule has 0 fully saturated rings. The Labute approximate surface area is 101 Å². The van der Waals surface area contributed by atoms with Crippen molar-refractivity contribution in [1.82, 2.24) is 10.6 Å². The minimum absolute atomic E-state index is 0.137. The van der Waals surface area contributed by atoms with E-state index in [4.69, 9.17) is 11.6 Å². The van der Waals surface area contributed by atoms with Crippen LogP contribution in [-0.2, 0) is 6.42 Å². The van der Waals surface area contributed by atoms with Gasteiger partial charge < -0.3 is 10.6 Å². The van der Waals surface area contributed by atoms with Crippen LogP contribution in [0.5, 0.6) is 0 Å². The van der Waals surface area contributed by atoms with E-state index in [1.54, 1.807) is 0 Å². The van der Waals surface area contributed by atoms with Crippen LogP contribution in [0, 0.1) is 0 Å². The molecule has 3 nitrogen and oxygen atoms in total. The zero-order valence-corrected chi connectivity index (χ0v) is 10.3. The van der Waals surface area contributed by atoms with Gasteiger partial charge in [0.15, 0.2) is 0 Å². The molecule has 0 aromatic heterocycles. The van der Waals surface area contributed by atoms with Crippen LogP contribution in [0.4, 0.5) is 4.79 Å². The van der Waals surface area contributed by atoms with Crippen LogP contribution >= 0.6 is 11.6 Å². The number of benzene rings is 1. The molecule has 0 atom stereocenters. The predicted octanol–water partition coefficient (Wildman–Crippen LogP) is 2.59. The Balaban J connectivity index is 2.31. The molecule has 4 heteroatoms. The van der Waals surface area contributed by atoms with Crippen molar-refractivity contribution in [2.24, 2.45) is 0 Å². The molecule has 2 N–H and O–H groups in total. The lowest BCUT2D eigenvalue weighted by Crippen LogP contribution is -2.40. The van der Waals surface area contributed by atoms with Crippen molar-refractivity contribution in [3.05, 3.63) is 34.9 Å². The fraction of sp³-hybridized carbons (Fsp3) is 0.417. The van der Waals surface area contributed by atoms with E-state index < -0.39 is 0 Å². The highest BCUT2D eigenvalue weighted by Gasteiger charge is 2.02. The standard InChI is InChI=1S/C12H17ClN2O/c1-9(2)15-12(16)14-8-7-10-5-3-4-6-11(10)13/h3-6,9H,7-8H2,1-2H3,(H2,14,15,16). The highest BCUT2D eigenvalue weighted by atomic mass is 35.5. The maximum Gasteiger partial charge on any atom is 0.314 e. The van der Waals surface area contributed by atoms with Gasteiger partial charge in [0.25, 0.3) is 0 Å². The van der Waals surface area contributed by atoms with Crippen molar-refractivity contribution in [1.29, 1.82) is 0 Å². The monoisotopic (exact) mass is 240 g/mol. The first-order valence-electron chi connectivity index (χ1n) is 5.37. The highest BCUT2D eigenvalue weighted by Crippen LogP contribution is 2.14. The van der Waals surface area contributed by atoms with Crippen molar-refractivity contribution in [3.8, 4) is 0 Å². The van der Waals surface area contributed by atoms with Gasteiger partial charge in [-0.25, -0.2) is 4.79 Å². The van der Waals surface area contributed by atoms with Crippen molar-refractivity contribution in [2.45, 2.75) is 26.3 Å². The number of carbonyl (C=O) groups excluding carboxylic acids is 1. The first-order chi connectivity index (χ1) is 7.59. The summed E-state index contributed by atoms with van der Waals surface area (Å²) in [7, 11) is 0. The van der Waals surface area contributed by atoms with Gasteiger partial charge in [0.05, 0.1) is 0 Å². The molecule has 16 heavy (non-hydrogen) atoms. The van der Waals surface area contributed by atoms with Crippen molar-refractivity contribution in [3.63, 3.8) is 0 Å². The molecule has 0 aliphatic heterocycles. The van der Waals surface area contributed by atoms with E-state index in [1.807, 2.05) is 38.1 Å². The van der Waals surface area contributed by atoms with Crippen LogP contribution < -0.4 is 10.6 Å². The Morgan fingerprint density at radius 3 is 2.69 bits per heavy atom. The molecule has 1 rings (SSSR count). The van der Waals surface area contributed by atoms with E-state index in [-0.39, 0.29) is 12.1 Å². The summed E-state index contributed by atoms with van der Waals surface area (Å²) in [5, 5.41) is 6.29. The van der Waals surface area contributed by atoms with Gasteiger partial charge in [0.2, 0.25) is 0 Å². The van der Waals surface area contributed by atoms with Crippen LogP contribution in [0.15, 0.2) is 24.3 Å². The van der Waals surface area contributed by atoms with Gasteiger partial charge in [-0.1, -0.05) is 29.8 Å². The zero-order chi connectivity index (χ0) is 12.0. The molecule has 1 aromatic rings. The number of nitrogens with one attached hydrogen (secondary N) is 2. The Hall–Kier alpha value is -1.22. The topological polar surface area (TPSA) is 41.1 Å². The average molecular weight is 241 g/mol. The van der Waals surface area contributed by atoms with Gasteiger partial charge in [-0.3, -0.25) is 0 Å². The lowest BCUT2D eigenvalue weighted by Gasteiger charge is -2.10. The van der Waals surface area contributed by atoms with E-state index in [1.165, 1.54) is 0 Å². The van der Waals surface area contributed by atoms with E-state index in [0.717, 1.165) is 17.0 Å². The summed E-state index contributed by atoms with van der Waals surface area (Å²) in [6.07, 6.45) is 0.741. The molecular formula is C12H17ClN2O. The fourth-order valence-electron chi connectivity index (χ4n) is 1.33. The number of urea groups is 1. The molecular weight excluding hydrogens is 224 g/mol. The van der Waals surface area contributed by atoms with E-state index >= 15 is 0 Å². The molecule has 88 valence electrons. The van der Waals surface area contributed by atoms with Crippen molar-refractivity contribution < 1.29 is 4.79 Å². The van der Waals surface area contributed by atoms with E-state index in [0.29, 0.717) is 6.54 Å². The second kappa shape index (κ2) is 6.38. The summed E-state index contributed by atoms with van der Waals surface area (Å²) >= 11 is 6.00. The predicted molar refractivity (Wildman–Crippen MR) is 66.8 cm³/mol. The van der Waals surface area contributed by atoms with Crippen LogP contribution in [0.1, 0.15) is 19.4 Å². The fourth-order valence-corrected chi connectivity index (χ4v) is 1.56. The molecule has 0 spiro atoms.